The van der Waals surface area contributed by atoms with Crippen molar-refractivity contribution in [1.82, 2.24) is 9.97 Å². The molecule has 39 heavy (non-hydrogen) atoms. The molecular formula is C30H25N3O6. The van der Waals surface area contributed by atoms with Crippen molar-refractivity contribution in [3.05, 3.63) is 94.4 Å². The summed E-state index contributed by atoms with van der Waals surface area (Å²) in [6.07, 6.45) is 0. The lowest BCUT2D eigenvalue weighted by Crippen LogP contribution is -2.32. The first-order valence-electron chi connectivity index (χ1n) is 12.3. The zero-order chi connectivity index (χ0) is 27.4. The summed E-state index contributed by atoms with van der Waals surface area (Å²) in [6.45, 7) is 3.97. The summed E-state index contributed by atoms with van der Waals surface area (Å²) in [7, 11) is 3.06. The zero-order valence-corrected chi connectivity index (χ0v) is 21.7. The Kier molecular flexibility index (Phi) is 5.64. The van der Waals surface area contributed by atoms with Gasteiger partial charge in [-0.05, 0) is 66.9 Å². The number of anilines is 1. The van der Waals surface area contributed by atoms with Crippen molar-refractivity contribution in [2.24, 2.45) is 0 Å². The smallest absolute Gasteiger partial charge is 0.296 e. The molecule has 0 spiro atoms. The van der Waals surface area contributed by atoms with E-state index in [9.17, 15) is 14.7 Å². The van der Waals surface area contributed by atoms with Gasteiger partial charge in [0.05, 0.1) is 36.9 Å². The van der Waals surface area contributed by atoms with E-state index in [1.807, 2.05) is 26.0 Å². The van der Waals surface area contributed by atoms with Crippen LogP contribution >= 0.6 is 0 Å². The number of para-hydroxylation sites is 1. The highest BCUT2D eigenvalue weighted by molar-refractivity contribution is 6.20. The number of ketones is 1. The van der Waals surface area contributed by atoms with Crippen LogP contribution in [0.3, 0.4) is 0 Å². The van der Waals surface area contributed by atoms with E-state index < -0.39 is 23.5 Å². The van der Waals surface area contributed by atoms with Crippen LogP contribution in [-0.4, -0.2) is 41.0 Å². The van der Waals surface area contributed by atoms with Gasteiger partial charge in [0, 0.05) is 5.39 Å². The van der Waals surface area contributed by atoms with Gasteiger partial charge >= 0.3 is 0 Å². The Morgan fingerprint density at radius 2 is 1.77 bits per heavy atom. The highest BCUT2D eigenvalue weighted by Gasteiger charge is 2.46. The van der Waals surface area contributed by atoms with Crippen molar-refractivity contribution in [3.8, 4) is 11.5 Å². The molecule has 0 saturated heterocycles. The summed E-state index contributed by atoms with van der Waals surface area (Å²) < 4.78 is 16.5. The van der Waals surface area contributed by atoms with E-state index in [0.717, 1.165) is 16.6 Å². The number of methoxy groups -OCH3 is 2. The Balaban J connectivity index is 1.51. The molecule has 0 radical (unpaired) electrons. The maximum absolute atomic E-state index is 13.9. The lowest BCUT2D eigenvalue weighted by atomic mass is 9.95. The van der Waals surface area contributed by atoms with Crippen LogP contribution in [0, 0.1) is 13.8 Å². The van der Waals surface area contributed by atoms with Crippen LogP contribution in [0.4, 0.5) is 5.95 Å². The van der Waals surface area contributed by atoms with Gasteiger partial charge in [-0.2, -0.15) is 0 Å². The number of hydrogen-bond acceptors (Lipinski definition) is 7. The molecule has 2 N–H and O–H groups in total. The fourth-order valence-electron chi connectivity index (χ4n) is 4.97. The van der Waals surface area contributed by atoms with Gasteiger partial charge in [0.15, 0.2) is 22.9 Å². The van der Waals surface area contributed by atoms with Gasteiger partial charge in [-0.1, -0.05) is 24.3 Å². The summed E-state index contributed by atoms with van der Waals surface area (Å²) in [5.41, 5.74) is 4.38. The van der Waals surface area contributed by atoms with Crippen molar-refractivity contribution in [2.45, 2.75) is 19.9 Å². The van der Waals surface area contributed by atoms with E-state index >= 15 is 0 Å². The minimum absolute atomic E-state index is 0.0277. The largest absolute Gasteiger partial charge is 0.503 e. The molecule has 0 fully saturated rings. The second-order valence-corrected chi connectivity index (χ2v) is 9.45. The summed E-state index contributed by atoms with van der Waals surface area (Å²) >= 11 is 0. The number of H-pyrrole nitrogens is 1. The Labute approximate surface area is 223 Å². The minimum atomic E-state index is -0.978. The Morgan fingerprint density at radius 3 is 2.49 bits per heavy atom. The standard InChI is InChI=1S/C30H25N3O6/c1-15-12-20-21(13-16(15)2)32-30(31-20)33-25(17-8-10-19(37-3)11-9-17)24(27(35)29(33)36)26(34)23-14-18-6-5-7-22(38-4)28(18)39-23/h5-14,25,35H,1-4H3,(H,31,32). The van der Waals surface area contributed by atoms with Crippen LogP contribution in [0.1, 0.15) is 33.3 Å². The minimum Gasteiger partial charge on any atom is -0.503 e. The molecule has 1 amide bonds. The maximum Gasteiger partial charge on any atom is 0.296 e. The van der Waals surface area contributed by atoms with Crippen molar-refractivity contribution >= 4 is 39.6 Å². The summed E-state index contributed by atoms with van der Waals surface area (Å²) in [6, 6.07) is 16.7. The SMILES string of the molecule is COc1ccc(C2C(C(=O)c3cc4cccc(OC)c4o3)=C(O)C(=O)N2c2nc3cc(C)c(C)cc3[nH]2)cc1. The molecule has 1 aliphatic rings. The fourth-order valence-corrected chi connectivity index (χ4v) is 4.97. The van der Waals surface area contributed by atoms with Crippen molar-refractivity contribution in [1.29, 1.82) is 0 Å². The van der Waals surface area contributed by atoms with Crippen LogP contribution < -0.4 is 14.4 Å². The molecule has 0 aliphatic carbocycles. The molecule has 196 valence electrons. The molecule has 9 heteroatoms. The first-order chi connectivity index (χ1) is 18.8. The van der Waals surface area contributed by atoms with Crippen LogP contribution in [0.5, 0.6) is 11.5 Å². The molecule has 3 aromatic carbocycles. The van der Waals surface area contributed by atoms with Crippen LogP contribution in [0.25, 0.3) is 22.0 Å². The van der Waals surface area contributed by atoms with Gasteiger partial charge in [0.2, 0.25) is 11.7 Å². The first-order valence-corrected chi connectivity index (χ1v) is 12.3. The highest BCUT2D eigenvalue weighted by Crippen LogP contribution is 2.42. The molecule has 1 aliphatic heterocycles. The highest BCUT2D eigenvalue weighted by atomic mass is 16.5. The maximum atomic E-state index is 13.9. The predicted molar refractivity (Wildman–Crippen MR) is 146 cm³/mol. The average molecular weight is 524 g/mol. The normalized spacial score (nSPS) is 15.5. The molecule has 1 unspecified atom stereocenters. The van der Waals surface area contributed by atoms with Gasteiger partial charge in [0.25, 0.3) is 5.91 Å². The van der Waals surface area contributed by atoms with Gasteiger partial charge in [-0.15, -0.1) is 0 Å². The molecule has 0 saturated carbocycles. The van der Waals surface area contributed by atoms with Gasteiger partial charge in [-0.3, -0.25) is 14.5 Å². The summed E-state index contributed by atoms with van der Waals surface area (Å²) in [5, 5.41) is 11.8. The number of nitrogens with one attached hydrogen (secondary N) is 1. The molecule has 3 heterocycles. The van der Waals surface area contributed by atoms with E-state index in [1.165, 1.54) is 12.0 Å². The van der Waals surface area contributed by atoms with E-state index in [4.69, 9.17) is 13.9 Å². The number of hydrogen-bond donors (Lipinski definition) is 2. The molecule has 0 bridgehead atoms. The van der Waals surface area contributed by atoms with Crippen molar-refractivity contribution < 1.29 is 28.6 Å². The van der Waals surface area contributed by atoms with Gasteiger partial charge in [-0.25, -0.2) is 4.98 Å². The monoisotopic (exact) mass is 523 g/mol. The van der Waals surface area contributed by atoms with E-state index in [0.29, 0.717) is 33.5 Å². The number of Topliss-reactive ketones (excluding diaryl/α,β-unsaturated/α-hetero) is 1. The number of carbonyl (C=O) groups excluding carboxylic acids is 2. The molecular weight excluding hydrogens is 498 g/mol. The van der Waals surface area contributed by atoms with Crippen molar-refractivity contribution in [3.63, 3.8) is 0 Å². The number of imidazole rings is 1. The molecule has 5 aromatic rings. The third-order valence-electron chi connectivity index (χ3n) is 7.15. The van der Waals surface area contributed by atoms with Gasteiger partial charge in [0.1, 0.15) is 5.75 Å². The van der Waals surface area contributed by atoms with Crippen molar-refractivity contribution in [2.75, 3.05) is 19.1 Å². The topological polar surface area (TPSA) is 118 Å². The predicted octanol–water partition coefficient (Wildman–Crippen LogP) is 5.73. The number of aliphatic hydroxyl groups excluding tert-OH is 1. The zero-order valence-electron chi connectivity index (χ0n) is 21.7. The number of nitrogens with zero attached hydrogens (tertiary/aromatic N) is 2. The summed E-state index contributed by atoms with van der Waals surface area (Å²) in [4.78, 5) is 36.7. The van der Waals surface area contributed by atoms with Crippen LogP contribution in [0.15, 0.2) is 76.4 Å². The first kappa shape index (κ1) is 24.3. The van der Waals surface area contributed by atoms with Gasteiger partial charge < -0.3 is 24.0 Å². The third kappa shape index (κ3) is 3.82. The number of carbonyl (C=O) groups is 2. The number of aryl methyl sites for hydroxylation is 2. The number of rotatable bonds is 6. The number of furan rings is 1. The number of aromatic nitrogens is 2. The Morgan fingerprint density at radius 1 is 1.03 bits per heavy atom. The van der Waals surface area contributed by atoms with E-state index in [2.05, 4.69) is 9.97 Å². The summed E-state index contributed by atoms with van der Waals surface area (Å²) in [5.74, 6) is -0.781. The number of benzene rings is 3. The molecule has 2 aromatic heterocycles. The van der Waals surface area contributed by atoms with E-state index in [1.54, 1.807) is 55.6 Å². The average Bonchev–Trinajstić information content (AvgIpc) is 3.62. The number of fused-ring (bicyclic) bond motifs is 2. The second-order valence-electron chi connectivity index (χ2n) is 9.45. The Bertz CT molecular complexity index is 1770. The lowest BCUT2D eigenvalue weighted by molar-refractivity contribution is -0.117. The van der Waals surface area contributed by atoms with Crippen LogP contribution in [-0.2, 0) is 4.79 Å². The molecule has 9 nitrogen and oxygen atoms in total. The number of amides is 1. The third-order valence-corrected chi connectivity index (χ3v) is 7.15. The fraction of sp³-hybridized carbons (Fsp3) is 0.167. The number of aliphatic hydroxyl groups is 1. The Hall–Kier alpha value is -5.05. The number of aromatic amines is 1. The number of ether oxygens (including phenoxy) is 2. The molecule has 6 rings (SSSR count). The molecule has 1 atom stereocenters. The lowest BCUT2D eigenvalue weighted by Gasteiger charge is -2.24. The second kappa shape index (κ2) is 9.05. The quantitative estimate of drug-likeness (QED) is 0.273. The van der Waals surface area contributed by atoms with E-state index in [-0.39, 0.29) is 17.3 Å². The van der Waals surface area contributed by atoms with Crippen LogP contribution in [0.2, 0.25) is 0 Å².